The van der Waals surface area contributed by atoms with Crippen LogP contribution < -0.4 is 4.74 Å². The summed E-state index contributed by atoms with van der Waals surface area (Å²) in [6, 6.07) is 8.69. The normalized spacial score (nSPS) is 23.8. The molecule has 0 spiro atoms. The van der Waals surface area contributed by atoms with Crippen LogP contribution in [0.2, 0.25) is 0 Å². The van der Waals surface area contributed by atoms with Gasteiger partial charge in [0.25, 0.3) is 0 Å². The fourth-order valence-electron chi connectivity index (χ4n) is 1.85. The molecule has 0 radical (unpaired) electrons. The Balaban J connectivity index is 2.01. The van der Waals surface area contributed by atoms with Gasteiger partial charge in [0.15, 0.2) is 6.23 Å². The summed E-state index contributed by atoms with van der Waals surface area (Å²) in [6.45, 7) is 0.311. The van der Waals surface area contributed by atoms with E-state index in [0.717, 1.165) is 0 Å². The fourth-order valence-corrected chi connectivity index (χ4v) is 1.85. The molecule has 1 heterocycles. The summed E-state index contributed by atoms with van der Waals surface area (Å²) in [4.78, 5) is 13.0. The minimum absolute atomic E-state index is 0.280. The Hall–Kier alpha value is -1.62. The summed E-state index contributed by atoms with van der Waals surface area (Å²) >= 11 is 0. The number of para-hydroxylation sites is 1. The monoisotopic (exact) mass is 239 g/mol. The van der Waals surface area contributed by atoms with Crippen LogP contribution in [0.5, 0.6) is 5.75 Å². The van der Waals surface area contributed by atoms with Gasteiger partial charge in [-0.2, -0.15) is 0 Å². The van der Waals surface area contributed by atoms with Crippen LogP contribution in [0.25, 0.3) is 0 Å². The smallest absolute Gasteiger partial charge is 0.410 e. The molecule has 0 aliphatic carbocycles. The van der Waals surface area contributed by atoms with E-state index >= 15 is 0 Å². The van der Waals surface area contributed by atoms with Gasteiger partial charge in [-0.3, -0.25) is 4.90 Å². The van der Waals surface area contributed by atoms with Crippen molar-refractivity contribution in [2.75, 3.05) is 13.7 Å². The zero-order valence-corrected chi connectivity index (χ0v) is 9.51. The van der Waals surface area contributed by atoms with E-state index in [1.807, 2.05) is 6.07 Å². The standard InChI is InChI=1S/C12H14FNO3/c1-16-11-10(13)7-8-14(11)12(15)17-9-5-3-2-4-6-9/h2-6,10-11H,7-8H2,1H3. The van der Waals surface area contributed by atoms with Gasteiger partial charge < -0.3 is 9.47 Å². The van der Waals surface area contributed by atoms with E-state index in [1.165, 1.54) is 12.0 Å². The van der Waals surface area contributed by atoms with Crippen LogP contribution >= 0.6 is 0 Å². The Morgan fingerprint density at radius 1 is 1.41 bits per heavy atom. The highest BCUT2D eigenvalue weighted by Crippen LogP contribution is 2.23. The maximum Gasteiger partial charge on any atom is 0.417 e. The molecule has 1 aliphatic rings. The van der Waals surface area contributed by atoms with Gasteiger partial charge in [-0.25, -0.2) is 9.18 Å². The second-order valence-electron chi connectivity index (χ2n) is 3.81. The molecule has 2 rings (SSSR count). The number of hydrogen-bond acceptors (Lipinski definition) is 3. The average Bonchev–Trinajstić information content (AvgIpc) is 2.71. The van der Waals surface area contributed by atoms with E-state index in [-0.39, 0.29) is 6.42 Å². The number of hydrogen-bond donors (Lipinski definition) is 0. The molecule has 1 fully saturated rings. The number of likely N-dealkylation sites (tertiary alicyclic amines) is 1. The minimum atomic E-state index is -1.15. The molecule has 2 atom stereocenters. The van der Waals surface area contributed by atoms with Crippen molar-refractivity contribution in [3.05, 3.63) is 30.3 Å². The number of nitrogens with zero attached hydrogens (tertiary/aromatic N) is 1. The third-order valence-corrected chi connectivity index (χ3v) is 2.69. The molecular weight excluding hydrogens is 225 g/mol. The van der Waals surface area contributed by atoms with Crippen LogP contribution in [0.1, 0.15) is 6.42 Å². The number of alkyl halides is 1. The molecule has 1 aliphatic heterocycles. The first-order chi connectivity index (χ1) is 8.22. The number of amides is 1. The molecule has 92 valence electrons. The van der Waals surface area contributed by atoms with E-state index in [9.17, 15) is 9.18 Å². The lowest BCUT2D eigenvalue weighted by Crippen LogP contribution is -2.41. The van der Waals surface area contributed by atoms with Gasteiger partial charge >= 0.3 is 6.09 Å². The van der Waals surface area contributed by atoms with Gasteiger partial charge in [-0.15, -0.1) is 0 Å². The van der Waals surface area contributed by atoms with Crippen molar-refractivity contribution >= 4 is 6.09 Å². The Bertz CT molecular complexity index is 385. The highest BCUT2D eigenvalue weighted by molar-refractivity contribution is 5.71. The van der Waals surface area contributed by atoms with Crippen LogP contribution in [-0.4, -0.2) is 37.0 Å². The lowest BCUT2D eigenvalue weighted by atomic mass is 10.3. The van der Waals surface area contributed by atoms with Crippen LogP contribution in [0.3, 0.4) is 0 Å². The predicted molar refractivity (Wildman–Crippen MR) is 59.5 cm³/mol. The number of carbonyl (C=O) groups excluding carboxylic acids is 1. The van der Waals surface area contributed by atoms with Crippen molar-refractivity contribution in [2.24, 2.45) is 0 Å². The number of benzene rings is 1. The third kappa shape index (κ3) is 2.55. The largest absolute Gasteiger partial charge is 0.417 e. The molecule has 5 heteroatoms. The number of rotatable bonds is 2. The highest BCUT2D eigenvalue weighted by atomic mass is 19.1. The zero-order chi connectivity index (χ0) is 12.3. The van der Waals surface area contributed by atoms with Gasteiger partial charge in [-0.05, 0) is 12.1 Å². The van der Waals surface area contributed by atoms with Crippen molar-refractivity contribution in [3.63, 3.8) is 0 Å². The van der Waals surface area contributed by atoms with Crippen molar-refractivity contribution in [1.82, 2.24) is 4.90 Å². The fraction of sp³-hybridized carbons (Fsp3) is 0.417. The van der Waals surface area contributed by atoms with E-state index < -0.39 is 18.5 Å². The number of ether oxygens (including phenoxy) is 2. The molecule has 1 aromatic carbocycles. The lowest BCUT2D eigenvalue weighted by Gasteiger charge is -2.23. The van der Waals surface area contributed by atoms with Crippen LogP contribution in [0.15, 0.2) is 30.3 Å². The van der Waals surface area contributed by atoms with Crippen LogP contribution in [-0.2, 0) is 4.74 Å². The first kappa shape index (κ1) is 11.9. The number of methoxy groups -OCH3 is 1. The molecule has 1 aromatic rings. The summed E-state index contributed by atoms with van der Waals surface area (Å²) in [5.41, 5.74) is 0. The molecule has 0 saturated carbocycles. The summed E-state index contributed by atoms with van der Waals surface area (Å²) < 4.78 is 23.4. The van der Waals surface area contributed by atoms with Crippen molar-refractivity contribution in [3.8, 4) is 5.75 Å². The summed E-state index contributed by atoms with van der Waals surface area (Å²) in [6.07, 6.45) is -2.29. The molecular formula is C12H14FNO3. The van der Waals surface area contributed by atoms with E-state index in [0.29, 0.717) is 12.3 Å². The molecule has 0 aromatic heterocycles. The summed E-state index contributed by atoms with van der Waals surface area (Å²) in [7, 11) is 1.38. The minimum Gasteiger partial charge on any atom is -0.410 e. The molecule has 2 unspecified atom stereocenters. The van der Waals surface area contributed by atoms with Crippen molar-refractivity contribution < 1.29 is 18.7 Å². The molecule has 1 amide bonds. The van der Waals surface area contributed by atoms with Crippen molar-refractivity contribution in [2.45, 2.75) is 18.8 Å². The average molecular weight is 239 g/mol. The number of halogens is 1. The molecule has 4 nitrogen and oxygen atoms in total. The van der Waals surface area contributed by atoms with E-state index in [4.69, 9.17) is 9.47 Å². The summed E-state index contributed by atoms with van der Waals surface area (Å²) in [5.74, 6) is 0.440. The quantitative estimate of drug-likeness (QED) is 0.794. The maximum absolute atomic E-state index is 13.4. The molecule has 0 bridgehead atoms. The lowest BCUT2D eigenvalue weighted by molar-refractivity contribution is -0.0282. The van der Waals surface area contributed by atoms with Crippen molar-refractivity contribution in [1.29, 1.82) is 0 Å². The Morgan fingerprint density at radius 3 is 2.76 bits per heavy atom. The Labute approximate surface area is 98.9 Å². The third-order valence-electron chi connectivity index (χ3n) is 2.69. The van der Waals surface area contributed by atoms with Crippen LogP contribution in [0, 0.1) is 0 Å². The molecule has 17 heavy (non-hydrogen) atoms. The van der Waals surface area contributed by atoms with Gasteiger partial charge in [0.1, 0.15) is 11.9 Å². The topological polar surface area (TPSA) is 38.8 Å². The van der Waals surface area contributed by atoms with Gasteiger partial charge in [0.2, 0.25) is 0 Å². The van der Waals surface area contributed by atoms with Gasteiger partial charge in [0, 0.05) is 20.1 Å². The molecule has 1 saturated heterocycles. The van der Waals surface area contributed by atoms with E-state index in [1.54, 1.807) is 24.3 Å². The first-order valence-electron chi connectivity index (χ1n) is 5.42. The Morgan fingerprint density at radius 2 is 2.12 bits per heavy atom. The summed E-state index contributed by atoms with van der Waals surface area (Å²) in [5, 5.41) is 0. The first-order valence-corrected chi connectivity index (χ1v) is 5.42. The number of carbonyl (C=O) groups is 1. The van der Waals surface area contributed by atoms with E-state index in [2.05, 4.69) is 0 Å². The Kier molecular flexibility index (Phi) is 3.58. The molecule has 0 N–H and O–H groups in total. The second-order valence-corrected chi connectivity index (χ2v) is 3.81. The van der Waals surface area contributed by atoms with Crippen LogP contribution in [0.4, 0.5) is 9.18 Å². The SMILES string of the molecule is COC1C(F)CCN1C(=O)Oc1ccccc1. The second kappa shape index (κ2) is 5.14. The van der Waals surface area contributed by atoms with Gasteiger partial charge in [0.05, 0.1) is 0 Å². The zero-order valence-electron chi connectivity index (χ0n) is 9.51. The predicted octanol–water partition coefficient (Wildman–Crippen LogP) is 2.20. The van der Waals surface area contributed by atoms with Gasteiger partial charge in [-0.1, -0.05) is 18.2 Å². The maximum atomic E-state index is 13.4. The highest BCUT2D eigenvalue weighted by Gasteiger charge is 2.38.